The molecule has 0 radical (unpaired) electrons. The number of anilines is 1. The van der Waals surface area contributed by atoms with Gasteiger partial charge in [-0.3, -0.25) is 9.10 Å². The second kappa shape index (κ2) is 9.12. The number of nitrogens with one attached hydrogen (secondary N) is 1. The fraction of sp³-hybridized carbons (Fsp3) is 0.208. The number of para-hydroxylation sites is 1. The number of fused-ring (bicyclic) bond motifs is 1. The average Bonchev–Trinajstić information content (AvgIpc) is 2.79. The van der Waals surface area contributed by atoms with Crippen molar-refractivity contribution >= 4 is 33.2 Å². The topological polar surface area (TPSA) is 66.5 Å². The summed E-state index contributed by atoms with van der Waals surface area (Å²) in [7, 11) is -3.98. The van der Waals surface area contributed by atoms with Crippen LogP contribution in [-0.4, -0.2) is 20.9 Å². The monoisotopic (exact) mass is 454 g/mol. The molecule has 5 nitrogen and oxygen atoms in total. The normalized spacial score (nSPS) is 15.7. The van der Waals surface area contributed by atoms with E-state index >= 15 is 0 Å². The number of carbonyl (C=O) groups excluding carboxylic acids is 1. The Hall–Kier alpha value is -2.83. The van der Waals surface area contributed by atoms with Crippen molar-refractivity contribution in [2.24, 2.45) is 0 Å². The van der Waals surface area contributed by atoms with Crippen LogP contribution in [0.15, 0.2) is 83.8 Å². The van der Waals surface area contributed by atoms with Crippen LogP contribution in [0.4, 0.5) is 5.69 Å². The summed E-state index contributed by atoms with van der Waals surface area (Å²) in [5.41, 5.74) is 2.59. The SMILES string of the molecule is O=C(CN(c1ccccc1Cl)S(=O)(=O)c1ccccc1)N[C@H]1CCCc2ccccc21. The Bertz CT molecular complexity index is 1180. The lowest BCUT2D eigenvalue weighted by Crippen LogP contribution is -2.42. The van der Waals surface area contributed by atoms with E-state index in [0.29, 0.717) is 0 Å². The van der Waals surface area contributed by atoms with E-state index in [0.717, 1.165) is 29.1 Å². The summed E-state index contributed by atoms with van der Waals surface area (Å²) in [4.78, 5) is 13.1. The summed E-state index contributed by atoms with van der Waals surface area (Å²) in [5.74, 6) is -0.374. The first-order chi connectivity index (χ1) is 15.0. The van der Waals surface area contributed by atoms with Gasteiger partial charge in [0.2, 0.25) is 5.91 Å². The molecule has 0 aromatic heterocycles. The molecule has 0 aliphatic heterocycles. The molecular formula is C24H23ClN2O3S. The molecule has 0 saturated heterocycles. The second-order valence-electron chi connectivity index (χ2n) is 7.49. The van der Waals surface area contributed by atoms with Crippen LogP contribution in [0.2, 0.25) is 5.02 Å². The van der Waals surface area contributed by atoms with Crippen molar-refractivity contribution in [3.8, 4) is 0 Å². The lowest BCUT2D eigenvalue weighted by molar-refractivity contribution is -0.120. The Morgan fingerprint density at radius 2 is 1.65 bits per heavy atom. The minimum Gasteiger partial charge on any atom is -0.348 e. The Morgan fingerprint density at radius 3 is 2.42 bits per heavy atom. The highest BCUT2D eigenvalue weighted by atomic mass is 35.5. The predicted octanol–water partition coefficient (Wildman–Crippen LogP) is 4.73. The third-order valence-corrected chi connectivity index (χ3v) is 7.54. The van der Waals surface area contributed by atoms with Crippen LogP contribution < -0.4 is 9.62 Å². The van der Waals surface area contributed by atoms with Gasteiger partial charge in [-0.25, -0.2) is 8.42 Å². The van der Waals surface area contributed by atoms with Gasteiger partial charge in [0, 0.05) is 0 Å². The first kappa shape index (κ1) is 21.4. The molecule has 0 bridgehead atoms. The van der Waals surface area contributed by atoms with Gasteiger partial charge in [-0.15, -0.1) is 0 Å². The van der Waals surface area contributed by atoms with Gasteiger partial charge >= 0.3 is 0 Å². The third kappa shape index (κ3) is 4.60. The van der Waals surface area contributed by atoms with E-state index in [9.17, 15) is 13.2 Å². The van der Waals surface area contributed by atoms with E-state index in [2.05, 4.69) is 11.4 Å². The van der Waals surface area contributed by atoms with Crippen LogP contribution in [0, 0.1) is 0 Å². The molecule has 1 aliphatic rings. The highest BCUT2D eigenvalue weighted by molar-refractivity contribution is 7.92. The van der Waals surface area contributed by atoms with Gasteiger partial charge in [0.15, 0.2) is 0 Å². The van der Waals surface area contributed by atoms with E-state index in [1.54, 1.807) is 42.5 Å². The molecule has 3 aromatic carbocycles. The van der Waals surface area contributed by atoms with Crippen LogP contribution >= 0.6 is 11.6 Å². The molecule has 1 N–H and O–H groups in total. The Kier molecular flexibility index (Phi) is 6.30. The average molecular weight is 455 g/mol. The summed E-state index contributed by atoms with van der Waals surface area (Å²) in [5, 5.41) is 3.29. The molecule has 31 heavy (non-hydrogen) atoms. The number of benzene rings is 3. The Labute approximate surface area is 187 Å². The Balaban J connectivity index is 1.63. The quantitative estimate of drug-likeness (QED) is 0.585. The van der Waals surface area contributed by atoms with Crippen LogP contribution in [0.3, 0.4) is 0 Å². The molecule has 0 heterocycles. The molecule has 1 atom stereocenters. The molecule has 0 fully saturated rings. The molecule has 4 rings (SSSR count). The van der Waals surface area contributed by atoms with Crippen molar-refractivity contribution in [2.45, 2.75) is 30.2 Å². The molecule has 0 spiro atoms. The lowest BCUT2D eigenvalue weighted by Gasteiger charge is -2.29. The number of amides is 1. The molecule has 3 aromatic rings. The summed E-state index contributed by atoms with van der Waals surface area (Å²) in [6.45, 7) is -0.361. The summed E-state index contributed by atoms with van der Waals surface area (Å²) < 4.78 is 27.9. The second-order valence-corrected chi connectivity index (χ2v) is 9.76. The van der Waals surface area contributed by atoms with E-state index in [1.165, 1.54) is 17.7 Å². The molecule has 7 heteroatoms. The van der Waals surface area contributed by atoms with Crippen LogP contribution in [-0.2, 0) is 21.2 Å². The van der Waals surface area contributed by atoms with Gasteiger partial charge in [-0.1, -0.05) is 66.2 Å². The lowest BCUT2D eigenvalue weighted by atomic mass is 9.88. The van der Waals surface area contributed by atoms with Gasteiger partial charge < -0.3 is 5.32 Å². The van der Waals surface area contributed by atoms with Gasteiger partial charge in [0.05, 0.1) is 21.6 Å². The van der Waals surface area contributed by atoms with Crippen LogP contribution in [0.25, 0.3) is 0 Å². The largest absolute Gasteiger partial charge is 0.348 e. The smallest absolute Gasteiger partial charge is 0.264 e. The predicted molar refractivity (Wildman–Crippen MR) is 123 cm³/mol. The summed E-state index contributed by atoms with van der Waals surface area (Å²) in [6.07, 6.45) is 2.77. The molecule has 0 saturated carbocycles. The Morgan fingerprint density at radius 1 is 0.968 bits per heavy atom. The number of carbonyl (C=O) groups is 1. The van der Waals surface area contributed by atoms with Crippen LogP contribution in [0.1, 0.15) is 30.0 Å². The number of hydrogen-bond acceptors (Lipinski definition) is 3. The summed E-state index contributed by atoms with van der Waals surface area (Å²) in [6, 6.07) is 22.6. The number of nitrogens with zero attached hydrogens (tertiary/aromatic N) is 1. The molecular weight excluding hydrogens is 432 g/mol. The molecule has 1 aliphatic carbocycles. The number of halogens is 1. The number of rotatable bonds is 6. The minimum atomic E-state index is -3.98. The minimum absolute atomic E-state index is 0.103. The first-order valence-corrected chi connectivity index (χ1v) is 12.0. The van der Waals surface area contributed by atoms with Crippen molar-refractivity contribution in [3.05, 3.63) is 95.0 Å². The highest BCUT2D eigenvalue weighted by Crippen LogP contribution is 2.32. The maximum Gasteiger partial charge on any atom is 0.264 e. The third-order valence-electron chi connectivity index (χ3n) is 5.44. The number of sulfonamides is 1. The van der Waals surface area contributed by atoms with Crippen molar-refractivity contribution < 1.29 is 13.2 Å². The zero-order valence-corrected chi connectivity index (χ0v) is 18.4. The number of aryl methyl sites for hydroxylation is 1. The van der Waals surface area contributed by atoms with Gasteiger partial charge in [0.1, 0.15) is 6.54 Å². The van der Waals surface area contributed by atoms with Gasteiger partial charge in [-0.2, -0.15) is 0 Å². The van der Waals surface area contributed by atoms with E-state index in [1.807, 2.05) is 18.2 Å². The van der Waals surface area contributed by atoms with Crippen molar-refractivity contribution in [3.63, 3.8) is 0 Å². The highest BCUT2D eigenvalue weighted by Gasteiger charge is 2.30. The maximum atomic E-state index is 13.4. The van der Waals surface area contributed by atoms with Crippen LogP contribution in [0.5, 0.6) is 0 Å². The maximum absolute atomic E-state index is 13.4. The number of hydrogen-bond donors (Lipinski definition) is 1. The first-order valence-electron chi connectivity index (χ1n) is 10.2. The molecule has 160 valence electrons. The van der Waals surface area contributed by atoms with Crippen molar-refractivity contribution in [1.82, 2.24) is 5.32 Å². The molecule has 1 amide bonds. The zero-order valence-electron chi connectivity index (χ0n) is 16.9. The summed E-state index contributed by atoms with van der Waals surface area (Å²) >= 11 is 6.32. The van der Waals surface area contributed by atoms with Gasteiger partial charge in [0.25, 0.3) is 10.0 Å². The zero-order chi connectivity index (χ0) is 21.8. The van der Waals surface area contributed by atoms with E-state index in [4.69, 9.17) is 11.6 Å². The van der Waals surface area contributed by atoms with Crippen molar-refractivity contribution in [1.29, 1.82) is 0 Å². The fourth-order valence-corrected chi connectivity index (χ4v) is 5.70. The van der Waals surface area contributed by atoms with E-state index in [-0.39, 0.29) is 34.1 Å². The molecule has 0 unspecified atom stereocenters. The van der Waals surface area contributed by atoms with E-state index < -0.39 is 10.0 Å². The van der Waals surface area contributed by atoms with Gasteiger partial charge in [-0.05, 0) is 54.7 Å². The fourth-order valence-electron chi connectivity index (χ4n) is 3.95. The van der Waals surface area contributed by atoms with Crippen molar-refractivity contribution in [2.75, 3.05) is 10.8 Å². The standard InChI is InChI=1S/C24H23ClN2O3S/c25-21-14-6-7-16-23(21)27(31(29,30)19-11-2-1-3-12-19)17-24(28)26-22-15-8-10-18-9-4-5-13-20(18)22/h1-7,9,11-14,16,22H,8,10,15,17H2,(H,26,28)/t22-/m0/s1.